The van der Waals surface area contributed by atoms with Gasteiger partial charge in [0.25, 0.3) is 0 Å². The van der Waals surface area contributed by atoms with Crippen LogP contribution in [-0.4, -0.2) is 22.6 Å². The van der Waals surface area contributed by atoms with E-state index in [2.05, 4.69) is 33.0 Å². The fourth-order valence-electron chi connectivity index (χ4n) is 3.53. The van der Waals surface area contributed by atoms with E-state index in [1.54, 1.807) is 0 Å². The van der Waals surface area contributed by atoms with Gasteiger partial charge in [0.1, 0.15) is 5.78 Å². The van der Waals surface area contributed by atoms with E-state index in [0.717, 1.165) is 5.56 Å². The lowest BCUT2D eigenvalue weighted by molar-refractivity contribution is -0.130. The van der Waals surface area contributed by atoms with Crippen molar-refractivity contribution in [2.24, 2.45) is 5.92 Å². The molecule has 0 unspecified atom stereocenters. The minimum absolute atomic E-state index is 0.0989. The highest BCUT2D eigenvalue weighted by molar-refractivity contribution is 5.96. The summed E-state index contributed by atoms with van der Waals surface area (Å²) in [5.41, 5.74) is 0.294. The van der Waals surface area contributed by atoms with Crippen molar-refractivity contribution in [3.05, 3.63) is 35.9 Å². The zero-order valence-corrected chi connectivity index (χ0v) is 13.4. The van der Waals surface area contributed by atoms with Gasteiger partial charge in [0.2, 0.25) is 0 Å². The van der Waals surface area contributed by atoms with Crippen LogP contribution in [0.25, 0.3) is 0 Å². The molecule has 2 rings (SSSR count). The van der Waals surface area contributed by atoms with Crippen LogP contribution in [0.4, 0.5) is 0 Å². The van der Waals surface area contributed by atoms with Gasteiger partial charge in [-0.1, -0.05) is 30.3 Å². The summed E-state index contributed by atoms with van der Waals surface area (Å²) < 4.78 is 0. The van der Waals surface area contributed by atoms with Crippen molar-refractivity contribution in [3.8, 4) is 0 Å². The lowest BCUT2D eigenvalue weighted by atomic mass is 9.71. The number of carbonyl (C=O) groups is 2. The van der Waals surface area contributed by atoms with Gasteiger partial charge >= 0.3 is 0 Å². The number of piperidine rings is 1. The maximum absolute atomic E-state index is 12.4. The number of benzene rings is 1. The first kappa shape index (κ1) is 15.9. The van der Waals surface area contributed by atoms with Crippen LogP contribution in [0.3, 0.4) is 0 Å². The topological polar surface area (TPSA) is 46.2 Å². The predicted molar refractivity (Wildman–Crippen MR) is 84.4 cm³/mol. The molecule has 0 radical (unpaired) electrons. The molecule has 0 aliphatic carbocycles. The van der Waals surface area contributed by atoms with E-state index in [1.165, 1.54) is 0 Å². The molecule has 1 saturated heterocycles. The minimum atomic E-state index is -0.268. The molecule has 1 heterocycles. The summed E-state index contributed by atoms with van der Waals surface area (Å²) in [6.45, 7) is 8.23. The molecule has 3 nitrogen and oxygen atoms in total. The van der Waals surface area contributed by atoms with E-state index in [1.807, 2.05) is 30.3 Å². The van der Waals surface area contributed by atoms with Crippen LogP contribution >= 0.6 is 0 Å². The molecule has 21 heavy (non-hydrogen) atoms. The van der Waals surface area contributed by atoms with Gasteiger partial charge in [-0.2, -0.15) is 0 Å². The number of nitrogens with one attached hydrogen (secondary N) is 1. The van der Waals surface area contributed by atoms with Crippen LogP contribution < -0.4 is 5.32 Å². The van der Waals surface area contributed by atoms with Gasteiger partial charge in [-0.25, -0.2) is 0 Å². The first-order chi connectivity index (χ1) is 9.71. The minimum Gasteiger partial charge on any atom is -0.306 e. The average Bonchev–Trinajstić information content (AvgIpc) is 2.36. The summed E-state index contributed by atoms with van der Waals surface area (Å²) in [5.74, 6) is 0.284. The number of Topliss-reactive ketones (excluding diaryl/α,β-unsaturated/α-hetero) is 2. The van der Waals surface area contributed by atoms with Crippen molar-refractivity contribution < 1.29 is 9.59 Å². The Bertz CT molecular complexity index is 531. The molecule has 0 bridgehead atoms. The highest BCUT2D eigenvalue weighted by Gasteiger charge is 2.44. The van der Waals surface area contributed by atoms with Gasteiger partial charge in [0.15, 0.2) is 5.78 Å². The maximum Gasteiger partial charge on any atom is 0.162 e. The first-order valence-corrected chi connectivity index (χ1v) is 7.62. The largest absolute Gasteiger partial charge is 0.306 e. The van der Waals surface area contributed by atoms with Crippen molar-refractivity contribution in [1.29, 1.82) is 0 Å². The van der Waals surface area contributed by atoms with E-state index >= 15 is 0 Å². The molecule has 0 spiro atoms. The Kier molecular flexibility index (Phi) is 4.33. The molecule has 1 fully saturated rings. The molecule has 3 heteroatoms. The van der Waals surface area contributed by atoms with Crippen LogP contribution in [0.15, 0.2) is 30.3 Å². The second-order valence-electron chi connectivity index (χ2n) is 7.25. The summed E-state index contributed by atoms with van der Waals surface area (Å²) in [6.07, 6.45) is 1.56. The zero-order chi connectivity index (χ0) is 15.7. The van der Waals surface area contributed by atoms with Gasteiger partial charge < -0.3 is 5.32 Å². The number of carbonyl (C=O) groups excluding carboxylic acids is 2. The van der Waals surface area contributed by atoms with Crippen molar-refractivity contribution in [2.45, 2.75) is 58.0 Å². The Labute approximate surface area is 127 Å². The summed E-state index contributed by atoms with van der Waals surface area (Å²) in [6, 6.07) is 9.30. The Morgan fingerprint density at radius 2 is 1.81 bits per heavy atom. The Hall–Kier alpha value is -1.48. The number of hydrogen-bond donors (Lipinski definition) is 1. The van der Waals surface area contributed by atoms with E-state index in [0.29, 0.717) is 19.3 Å². The van der Waals surface area contributed by atoms with E-state index in [9.17, 15) is 9.59 Å². The van der Waals surface area contributed by atoms with Crippen LogP contribution in [0.1, 0.15) is 57.3 Å². The molecule has 114 valence electrons. The molecule has 1 aliphatic heterocycles. The molecule has 1 aromatic carbocycles. The highest BCUT2D eigenvalue weighted by atomic mass is 16.1. The van der Waals surface area contributed by atoms with Crippen molar-refractivity contribution in [3.63, 3.8) is 0 Å². The summed E-state index contributed by atoms with van der Waals surface area (Å²) in [4.78, 5) is 24.6. The number of ketones is 2. The van der Waals surface area contributed by atoms with Crippen molar-refractivity contribution in [1.82, 2.24) is 5.32 Å². The molecule has 1 atom stereocenters. The van der Waals surface area contributed by atoms with E-state index in [4.69, 9.17) is 0 Å². The van der Waals surface area contributed by atoms with Crippen LogP contribution in [-0.2, 0) is 4.79 Å². The number of hydrogen-bond acceptors (Lipinski definition) is 3. The first-order valence-electron chi connectivity index (χ1n) is 7.62. The predicted octanol–water partition coefficient (Wildman–Crippen LogP) is 3.39. The van der Waals surface area contributed by atoms with Crippen molar-refractivity contribution in [2.75, 3.05) is 0 Å². The smallest absolute Gasteiger partial charge is 0.162 e. The molecule has 0 aromatic heterocycles. The maximum atomic E-state index is 12.4. The normalized spacial score (nSPS) is 23.8. The highest BCUT2D eigenvalue weighted by Crippen LogP contribution is 2.33. The van der Waals surface area contributed by atoms with E-state index < -0.39 is 0 Å². The third-order valence-electron chi connectivity index (χ3n) is 4.29. The summed E-state index contributed by atoms with van der Waals surface area (Å²) in [7, 11) is 0. The monoisotopic (exact) mass is 287 g/mol. The molecular weight excluding hydrogens is 262 g/mol. The van der Waals surface area contributed by atoms with Gasteiger partial charge in [-0.3, -0.25) is 9.59 Å². The quantitative estimate of drug-likeness (QED) is 0.863. The second kappa shape index (κ2) is 5.72. The third kappa shape index (κ3) is 3.79. The van der Waals surface area contributed by atoms with Gasteiger partial charge in [0.05, 0.1) is 0 Å². The lowest BCUT2D eigenvalue weighted by Crippen LogP contribution is -2.63. The molecule has 1 N–H and O–H groups in total. The molecule has 0 amide bonds. The molecule has 1 aromatic rings. The van der Waals surface area contributed by atoms with Gasteiger partial charge in [0, 0.05) is 35.4 Å². The molecular formula is C18H25NO2. The SMILES string of the molecule is CC1(C)CC(=O)[C@@H](CCC(=O)c2ccccc2)C(C)(C)N1. The second-order valence-corrected chi connectivity index (χ2v) is 7.25. The number of rotatable bonds is 4. The Balaban J connectivity index is 2.02. The van der Waals surface area contributed by atoms with Crippen molar-refractivity contribution >= 4 is 11.6 Å². The van der Waals surface area contributed by atoms with Gasteiger partial charge in [-0.05, 0) is 34.1 Å². The van der Waals surface area contributed by atoms with E-state index in [-0.39, 0.29) is 28.6 Å². The zero-order valence-electron chi connectivity index (χ0n) is 13.4. The van der Waals surface area contributed by atoms with Crippen LogP contribution in [0.2, 0.25) is 0 Å². The standard InChI is InChI=1S/C18H25NO2/c1-17(2)12-16(21)14(18(3,4)19-17)10-11-15(20)13-8-6-5-7-9-13/h5-9,14,19H,10-12H2,1-4H3/t14-/m1/s1. The Morgan fingerprint density at radius 1 is 1.19 bits per heavy atom. The third-order valence-corrected chi connectivity index (χ3v) is 4.29. The summed E-state index contributed by atoms with van der Waals surface area (Å²) in [5, 5.41) is 3.54. The van der Waals surface area contributed by atoms with Crippen LogP contribution in [0.5, 0.6) is 0 Å². The Morgan fingerprint density at radius 3 is 2.38 bits per heavy atom. The fraction of sp³-hybridized carbons (Fsp3) is 0.556. The summed E-state index contributed by atoms with van der Waals surface area (Å²) >= 11 is 0. The average molecular weight is 287 g/mol. The lowest BCUT2D eigenvalue weighted by Gasteiger charge is -2.47. The molecule has 0 saturated carbocycles. The fourth-order valence-corrected chi connectivity index (χ4v) is 3.53. The molecule has 1 aliphatic rings. The van der Waals surface area contributed by atoms with Crippen LogP contribution in [0, 0.1) is 5.92 Å². The van der Waals surface area contributed by atoms with Gasteiger partial charge in [-0.15, -0.1) is 0 Å².